The quantitative estimate of drug-likeness (QED) is 0.589. The Morgan fingerprint density at radius 2 is 1.90 bits per heavy atom. The number of phenolic OH excluding ortho intramolecular Hbond substituents is 2. The first kappa shape index (κ1) is 15.1. The molecule has 1 saturated heterocycles. The molecule has 5 heteroatoms. The van der Waals surface area contributed by atoms with Crippen LogP contribution in [0.2, 0.25) is 0 Å². The molecule has 1 fully saturated rings. The summed E-state index contributed by atoms with van der Waals surface area (Å²) in [7, 11) is 0. The van der Waals surface area contributed by atoms with E-state index in [-0.39, 0.29) is 17.5 Å². The van der Waals surface area contributed by atoms with Gasteiger partial charge in [0, 0.05) is 19.1 Å². The largest absolute Gasteiger partial charge is 0.504 e. The summed E-state index contributed by atoms with van der Waals surface area (Å²) in [6, 6.07) is 4.31. The van der Waals surface area contributed by atoms with Crippen LogP contribution in [0.1, 0.15) is 31.4 Å². The summed E-state index contributed by atoms with van der Waals surface area (Å²) < 4.78 is 0. The van der Waals surface area contributed by atoms with Crippen molar-refractivity contribution in [3.8, 4) is 11.5 Å². The van der Waals surface area contributed by atoms with Crippen molar-refractivity contribution in [2.45, 2.75) is 31.9 Å². The molecule has 1 aliphatic heterocycles. The van der Waals surface area contributed by atoms with E-state index < -0.39 is 6.10 Å². The number of aliphatic hydroxyl groups excluding tert-OH is 1. The van der Waals surface area contributed by atoms with Crippen LogP contribution in [0, 0.1) is 0 Å². The van der Waals surface area contributed by atoms with Crippen molar-refractivity contribution in [2.24, 2.45) is 0 Å². The molecule has 5 nitrogen and oxygen atoms in total. The number of nitrogens with zero attached hydrogens (tertiary/aromatic N) is 1. The van der Waals surface area contributed by atoms with E-state index in [1.165, 1.54) is 38.1 Å². The van der Waals surface area contributed by atoms with E-state index >= 15 is 0 Å². The maximum absolute atomic E-state index is 10.2. The number of phenols is 2. The molecule has 1 aliphatic rings. The summed E-state index contributed by atoms with van der Waals surface area (Å²) >= 11 is 0. The first-order valence-electron chi connectivity index (χ1n) is 7.23. The first-order valence-corrected chi connectivity index (χ1v) is 7.23. The van der Waals surface area contributed by atoms with Gasteiger partial charge in [0.2, 0.25) is 0 Å². The van der Waals surface area contributed by atoms with Gasteiger partial charge in [0.15, 0.2) is 11.5 Å². The third kappa shape index (κ3) is 3.85. The number of nitrogens with one attached hydrogen (secondary N) is 1. The summed E-state index contributed by atoms with van der Waals surface area (Å²) in [5.74, 6) is -0.374. The molecule has 0 aliphatic carbocycles. The second-order valence-corrected chi connectivity index (χ2v) is 5.48. The molecule has 0 spiro atoms. The molecule has 0 aromatic heterocycles. The molecule has 2 atom stereocenters. The van der Waals surface area contributed by atoms with E-state index in [0.29, 0.717) is 5.56 Å². The van der Waals surface area contributed by atoms with Crippen LogP contribution >= 0.6 is 0 Å². The lowest BCUT2D eigenvalue weighted by molar-refractivity contribution is 0.134. The molecule has 0 radical (unpaired) electrons. The standard InChI is InChI=1S/C15H24N2O3/c1-11(16-6-9-17-7-2-3-8-17)15(20)12-4-5-13(18)14(19)10-12/h4-5,10-11,15-16,18-20H,2-3,6-9H2,1H3/t11-,15-/m0/s1. The maximum atomic E-state index is 10.2. The molecule has 0 amide bonds. The Morgan fingerprint density at radius 1 is 1.20 bits per heavy atom. The molecular weight excluding hydrogens is 256 g/mol. The highest BCUT2D eigenvalue weighted by atomic mass is 16.3. The highest BCUT2D eigenvalue weighted by molar-refractivity contribution is 5.41. The minimum Gasteiger partial charge on any atom is -0.504 e. The molecule has 0 unspecified atom stereocenters. The molecule has 1 heterocycles. The van der Waals surface area contributed by atoms with Crippen molar-refractivity contribution in [1.29, 1.82) is 0 Å². The molecule has 0 bridgehead atoms. The Morgan fingerprint density at radius 3 is 2.55 bits per heavy atom. The Balaban J connectivity index is 1.81. The van der Waals surface area contributed by atoms with Crippen molar-refractivity contribution in [3.63, 3.8) is 0 Å². The fraction of sp³-hybridized carbons (Fsp3) is 0.600. The lowest BCUT2D eigenvalue weighted by atomic mass is 10.0. The van der Waals surface area contributed by atoms with Crippen LogP contribution in [0.4, 0.5) is 0 Å². The van der Waals surface area contributed by atoms with Crippen LogP contribution in [0.25, 0.3) is 0 Å². The molecule has 20 heavy (non-hydrogen) atoms. The van der Waals surface area contributed by atoms with Gasteiger partial charge in [-0.3, -0.25) is 0 Å². The summed E-state index contributed by atoms with van der Waals surface area (Å²) in [6.07, 6.45) is 1.86. The predicted octanol–water partition coefficient (Wildman–Crippen LogP) is 1.21. The van der Waals surface area contributed by atoms with Crippen molar-refractivity contribution in [3.05, 3.63) is 23.8 Å². The lowest BCUT2D eigenvalue weighted by Crippen LogP contribution is -2.37. The highest BCUT2D eigenvalue weighted by Gasteiger charge is 2.18. The van der Waals surface area contributed by atoms with Gasteiger partial charge in [0.05, 0.1) is 6.10 Å². The lowest BCUT2D eigenvalue weighted by Gasteiger charge is -2.22. The van der Waals surface area contributed by atoms with E-state index in [0.717, 1.165) is 13.1 Å². The predicted molar refractivity (Wildman–Crippen MR) is 77.9 cm³/mol. The second kappa shape index (κ2) is 6.92. The third-order valence-electron chi connectivity index (χ3n) is 3.91. The third-order valence-corrected chi connectivity index (χ3v) is 3.91. The van der Waals surface area contributed by atoms with Gasteiger partial charge >= 0.3 is 0 Å². The molecule has 112 valence electrons. The van der Waals surface area contributed by atoms with Gasteiger partial charge in [-0.25, -0.2) is 0 Å². The van der Waals surface area contributed by atoms with Crippen molar-refractivity contribution >= 4 is 0 Å². The van der Waals surface area contributed by atoms with Crippen LogP contribution in [0.15, 0.2) is 18.2 Å². The van der Waals surface area contributed by atoms with Crippen LogP contribution in [-0.4, -0.2) is 52.4 Å². The maximum Gasteiger partial charge on any atom is 0.157 e. The SMILES string of the molecule is C[C@H](NCCN1CCCC1)[C@H](O)c1ccc(O)c(O)c1. The van der Waals surface area contributed by atoms with Gasteiger partial charge in [0.25, 0.3) is 0 Å². The summed E-state index contributed by atoms with van der Waals surface area (Å²) in [5, 5.41) is 32.3. The van der Waals surface area contributed by atoms with Crippen LogP contribution in [0.3, 0.4) is 0 Å². The van der Waals surface area contributed by atoms with E-state index in [4.69, 9.17) is 0 Å². The van der Waals surface area contributed by atoms with Crippen LogP contribution < -0.4 is 5.32 Å². The number of likely N-dealkylation sites (tertiary alicyclic amines) is 1. The van der Waals surface area contributed by atoms with Gasteiger partial charge in [-0.15, -0.1) is 0 Å². The summed E-state index contributed by atoms with van der Waals surface area (Å²) in [4.78, 5) is 2.42. The smallest absolute Gasteiger partial charge is 0.157 e. The Labute approximate surface area is 119 Å². The van der Waals surface area contributed by atoms with Crippen molar-refractivity contribution in [2.75, 3.05) is 26.2 Å². The Hall–Kier alpha value is -1.30. The molecule has 1 aromatic rings. The number of benzene rings is 1. The Bertz CT molecular complexity index is 433. The monoisotopic (exact) mass is 280 g/mol. The average Bonchev–Trinajstić information content (AvgIpc) is 2.94. The summed E-state index contributed by atoms with van der Waals surface area (Å²) in [5.41, 5.74) is 0.599. The minimum atomic E-state index is -0.708. The molecule has 0 saturated carbocycles. The average molecular weight is 280 g/mol. The zero-order valence-corrected chi connectivity index (χ0v) is 11.9. The zero-order valence-electron chi connectivity index (χ0n) is 11.9. The second-order valence-electron chi connectivity index (χ2n) is 5.48. The van der Waals surface area contributed by atoms with Gasteiger partial charge in [-0.05, 0) is 50.6 Å². The fourth-order valence-corrected chi connectivity index (χ4v) is 2.58. The van der Waals surface area contributed by atoms with Gasteiger partial charge < -0.3 is 25.5 Å². The first-order chi connectivity index (χ1) is 9.58. The fourth-order valence-electron chi connectivity index (χ4n) is 2.58. The topological polar surface area (TPSA) is 76.0 Å². The number of aromatic hydroxyl groups is 2. The normalized spacial score (nSPS) is 19.1. The van der Waals surface area contributed by atoms with Crippen molar-refractivity contribution < 1.29 is 15.3 Å². The number of rotatable bonds is 6. The Kier molecular flexibility index (Phi) is 5.23. The number of hydrogen-bond donors (Lipinski definition) is 4. The molecule has 1 aromatic carbocycles. The van der Waals surface area contributed by atoms with E-state index in [1.807, 2.05) is 6.92 Å². The number of aliphatic hydroxyl groups is 1. The zero-order chi connectivity index (χ0) is 14.5. The highest BCUT2D eigenvalue weighted by Crippen LogP contribution is 2.28. The van der Waals surface area contributed by atoms with Gasteiger partial charge in [-0.1, -0.05) is 6.07 Å². The van der Waals surface area contributed by atoms with Crippen LogP contribution in [0.5, 0.6) is 11.5 Å². The molecular formula is C15H24N2O3. The molecule has 2 rings (SSSR count). The van der Waals surface area contributed by atoms with E-state index in [2.05, 4.69) is 10.2 Å². The van der Waals surface area contributed by atoms with Crippen LogP contribution in [-0.2, 0) is 0 Å². The molecule has 4 N–H and O–H groups in total. The number of hydrogen-bond acceptors (Lipinski definition) is 5. The summed E-state index contributed by atoms with van der Waals surface area (Å²) in [6.45, 7) is 6.09. The van der Waals surface area contributed by atoms with Gasteiger partial charge in [-0.2, -0.15) is 0 Å². The van der Waals surface area contributed by atoms with E-state index in [1.54, 1.807) is 6.07 Å². The van der Waals surface area contributed by atoms with Gasteiger partial charge in [0.1, 0.15) is 0 Å². The van der Waals surface area contributed by atoms with Crippen molar-refractivity contribution in [1.82, 2.24) is 10.2 Å². The van der Waals surface area contributed by atoms with E-state index in [9.17, 15) is 15.3 Å². The minimum absolute atomic E-state index is 0.110.